The van der Waals surface area contributed by atoms with Crippen LogP contribution >= 0.6 is 0 Å². The first-order chi connectivity index (χ1) is 9.63. The molecule has 1 N–H and O–H groups in total. The summed E-state index contributed by atoms with van der Waals surface area (Å²) in [5.41, 5.74) is 0.994. The predicted octanol–water partition coefficient (Wildman–Crippen LogP) is 3.51. The van der Waals surface area contributed by atoms with Gasteiger partial charge >= 0.3 is 0 Å². The molecule has 0 aliphatic rings. The van der Waals surface area contributed by atoms with Crippen molar-refractivity contribution in [3.05, 3.63) is 66.2 Å². The smallest absolute Gasteiger partial charge is 0.207 e. The molecule has 2 aromatic rings. The molecule has 0 bridgehead atoms. The summed E-state index contributed by atoms with van der Waals surface area (Å²) in [6.45, 7) is 2.05. The van der Waals surface area contributed by atoms with Crippen LogP contribution in [0.25, 0.3) is 0 Å². The van der Waals surface area contributed by atoms with E-state index in [1.54, 1.807) is 30.3 Å². The van der Waals surface area contributed by atoms with Crippen molar-refractivity contribution < 1.29 is 8.42 Å². The van der Waals surface area contributed by atoms with Gasteiger partial charge in [-0.25, -0.2) is 13.1 Å². The topological polar surface area (TPSA) is 46.2 Å². The highest BCUT2D eigenvalue weighted by atomic mass is 32.2. The van der Waals surface area contributed by atoms with Gasteiger partial charge in [-0.3, -0.25) is 0 Å². The van der Waals surface area contributed by atoms with Crippen molar-refractivity contribution in [1.82, 2.24) is 4.72 Å². The van der Waals surface area contributed by atoms with E-state index in [0.29, 0.717) is 4.90 Å². The van der Waals surface area contributed by atoms with Crippen LogP contribution in [0.3, 0.4) is 0 Å². The van der Waals surface area contributed by atoms with Crippen LogP contribution in [0, 0.1) is 0 Å². The summed E-state index contributed by atoms with van der Waals surface area (Å²) in [4.78, 5) is 0.303. The molecular formula is C16H19NO2S. The van der Waals surface area contributed by atoms with Crippen molar-refractivity contribution >= 4 is 10.0 Å². The third-order valence-electron chi connectivity index (χ3n) is 3.13. The molecule has 0 heterocycles. The zero-order chi connectivity index (χ0) is 14.4. The normalized spacial score (nSPS) is 13.1. The fourth-order valence-corrected chi connectivity index (χ4v) is 3.40. The van der Waals surface area contributed by atoms with Crippen molar-refractivity contribution in [2.75, 3.05) is 0 Å². The highest BCUT2D eigenvalue weighted by molar-refractivity contribution is 7.89. The van der Waals surface area contributed by atoms with Gasteiger partial charge in [0.25, 0.3) is 0 Å². The molecule has 0 spiro atoms. The van der Waals surface area contributed by atoms with E-state index in [4.69, 9.17) is 0 Å². The van der Waals surface area contributed by atoms with E-state index in [1.165, 1.54) is 0 Å². The Balaban J connectivity index is 2.25. The van der Waals surface area contributed by atoms with Gasteiger partial charge in [0, 0.05) is 6.04 Å². The Kier molecular flexibility index (Phi) is 4.93. The third-order valence-corrected chi connectivity index (χ3v) is 4.62. The van der Waals surface area contributed by atoms with Crippen LogP contribution in [0.1, 0.15) is 31.4 Å². The van der Waals surface area contributed by atoms with Crippen molar-refractivity contribution in [1.29, 1.82) is 0 Å². The second-order valence-corrected chi connectivity index (χ2v) is 6.40. The summed E-state index contributed by atoms with van der Waals surface area (Å²) < 4.78 is 27.6. The Hall–Kier alpha value is -1.65. The molecule has 0 amide bonds. The van der Waals surface area contributed by atoms with E-state index in [9.17, 15) is 8.42 Å². The summed E-state index contributed by atoms with van der Waals surface area (Å²) in [5.74, 6) is 0. The Morgan fingerprint density at radius 2 is 1.50 bits per heavy atom. The standard InChI is InChI=1S/C16H19NO2S/c1-2-9-16(14-10-5-3-6-11-14)17-20(18,19)15-12-7-4-8-13-15/h3-8,10-13,16-17H,2,9H2,1H3. The summed E-state index contributed by atoms with van der Waals surface area (Å²) >= 11 is 0. The summed E-state index contributed by atoms with van der Waals surface area (Å²) in [6, 6.07) is 18.0. The van der Waals surface area contributed by atoms with Crippen molar-refractivity contribution in [2.45, 2.75) is 30.7 Å². The maximum absolute atomic E-state index is 12.4. The molecule has 1 unspecified atom stereocenters. The minimum Gasteiger partial charge on any atom is -0.207 e. The molecule has 0 aromatic heterocycles. The second-order valence-electron chi connectivity index (χ2n) is 4.69. The van der Waals surface area contributed by atoms with Crippen LogP contribution in [-0.4, -0.2) is 8.42 Å². The first kappa shape index (κ1) is 14.8. The second kappa shape index (κ2) is 6.68. The van der Waals surface area contributed by atoms with E-state index < -0.39 is 10.0 Å². The van der Waals surface area contributed by atoms with Gasteiger partial charge in [0.2, 0.25) is 10.0 Å². The number of hydrogen-bond donors (Lipinski definition) is 1. The van der Waals surface area contributed by atoms with Crippen LogP contribution < -0.4 is 4.72 Å². The Labute approximate surface area is 120 Å². The number of benzene rings is 2. The zero-order valence-corrected chi connectivity index (χ0v) is 12.3. The molecule has 20 heavy (non-hydrogen) atoms. The van der Waals surface area contributed by atoms with E-state index >= 15 is 0 Å². The van der Waals surface area contributed by atoms with Crippen molar-refractivity contribution in [3.8, 4) is 0 Å². The zero-order valence-electron chi connectivity index (χ0n) is 11.5. The highest BCUT2D eigenvalue weighted by Crippen LogP contribution is 2.21. The van der Waals surface area contributed by atoms with Crippen LogP contribution in [0.5, 0.6) is 0 Å². The van der Waals surface area contributed by atoms with Gasteiger partial charge in [-0.1, -0.05) is 61.9 Å². The summed E-state index contributed by atoms with van der Waals surface area (Å²) in [6.07, 6.45) is 1.69. The van der Waals surface area contributed by atoms with Crippen LogP contribution in [0.15, 0.2) is 65.6 Å². The molecule has 3 nitrogen and oxygen atoms in total. The molecule has 0 aliphatic heterocycles. The van der Waals surface area contributed by atoms with Crippen molar-refractivity contribution in [2.24, 2.45) is 0 Å². The number of nitrogens with one attached hydrogen (secondary N) is 1. The lowest BCUT2D eigenvalue weighted by Gasteiger charge is -2.18. The van der Waals surface area contributed by atoms with Gasteiger partial charge in [0.1, 0.15) is 0 Å². The molecule has 0 aliphatic carbocycles. The number of sulfonamides is 1. The average Bonchev–Trinajstić information content (AvgIpc) is 2.48. The molecule has 0 radical (unpaired) electrons. The van der Waals surface area contributed by atoms with Gasteiger partial charge in [-0.2, -0.15) is 0 Å². The monoisotopic (exact) mass is 289 g/mol. The maximum Gasteiger partial charge on any atom is 0.241 e. The largest absolute Gasteiger partial charge is 0.241 e. The summed E-state index contributed by atoms with van der Waals surface area (Å²) in [7, 11) is -3.48. The molecule has 2 aromatic carbocycles. The third kappa shape index (κ3) is 3.68. The molecule has 106 valence electrons. The van der Waals surface area contributed by atoms with Crippen LogP contribution in [0.2, 0.25) is 0 Å². The fraction of sp³-hybridized carbons (Fsp3) is 0.250. The molecule has 4 heteroatoms. The average molecular weight is 289 g/mol. The molecule has 1 atom stereocenters. The van der Waals surface area contributed by atoms with E-state index in [-0.39, 0.29) is 6.04 Å². The molecule has 0 fully saturated rings. The molecule has 0 saturated carbocycles. The molecule has 0 saturated heterocycles. The van der Waals surface area contributed by atoms with Gasteiger partial charge in [-0.15, -0.1) is 0 Å². The lowest BCUT2D eigenvalue weighted by Crippen LogP contribution is -2.28. The highest BCUT2D eigenvalue weighted by Gasteiger charge is 2.20. The lowest BCUT2D eigenvalue weighted by molar-refractivity contribution is 0.536. The Bertz CT molecular complexity index is 624. The molecule has 2 rings (SSSR count). The minimum absolute atomic E-state index is 0.189. The predicted molar refractivity (Wildman–Crippen MR) is 80.9 cm³/mol. The fourth-order valence-electron chi connectivity index (χ4n) is 2.12. The van der Waals surface area contributed by atoms with E-state index in [2.05, 4.69) is 4.72 Å². The first-order valence-corrected chi connectivity index (χ1v) is 8.24. The Morgan fingerprint density at radius 3 is 2.05 bits per heavy atom. The van der Waals surface area contributed by atoms with Gasteiger partial charge in [0.15, 0.2) is 0 Å². The lowest BCUT2D eigenvalue weighted by atomic mass is 10.0. The van der Waals surface area contributed by atoms with Gasteiger partial charge in [0.05, 0.1) is 4.90 Å². The van der Waals surface area contributed by atoms with Crippen molar-refractivity contribution in [3.63, 3.8) is 0 Å². The maximum atomic E-state index is 12.4. The quantitative estimate of drug-likeness (QED) is 0.884. The summed E-state index contributed by atoms with van der Waals surface area (Å²) in [5, 5.41) is 0. The first-order valence-electron chi connectivity index (χ1n) is 6.76. The van der Waals surface area contributed by atoms with Gasteiger partial charge < -0.3 is 0 Å². The Morgan fingerprint density at radius 1 is 0.950 bits per heavy atom. The van der Waals surface area contributed by atoms with E-state index in [1.807, 2.05) is 37.3 Å². The van der Waals surface area contributed by atoms with Crippen LogP contribution in [0.4, 0.5) is 0 Å². The number of hydrogen-bond acceptors (Lipinski definition) is 2. The SMILES string of the molecule is CCCC(NS(=O)(=O)c1ccccc1)c1ccccc1. The van der Waals surface area contributed by atoms with Gasteiger partial charge in [-0.05, 0) is 24.1 Å². The minimum atomic E-state index is -3.48. The number of rotatable bonds is 6. The molecular weight excluding hydrogens is 270 g/mol. The van der Waals surface area contributed by atoms with E-state index in [0.717, 1.165) is 18.4 Å². The van der Waals surface area contributed by atoms with Crippen LogP contribution in [-0.2, 0) is 10.0 Å².